The minimum Gasteiger partial charge on any atom is -0.472 e. The highest BCUT2D eigenvalue weighted by atomic mass is 16.5. The number of aromatic amines is 1. The van der Waals surface area contributed by atoms with Gasteiger partial charge in [-0.3, -0.25) is 4.79 Å². The van der Waals surface area contributed by atoms with E-state index in [0.29, 0.717) is 35.6 Å². The molecule has 0 amide bonds. The van der Waals surface area contributed by atoms with Gasteiger partial charge in [0.2, 0.25) is 5.88 Å². The third kappa shape index (κ3) is 3.49. The van der Waals surface area contributed by atoms with E-state index < -0.39 is 0 Å². The average Bonchev–Trinajstić information content (AvgIpc) is 3.06. The maximum atomic E-state index is 12.4. The van der Waals surface area contributed by atoms with Crippen molar-refractivity contribution < 1.29 is 9.53 Å². The molecule has 3 aromatic rings. The van der Waals surface area contributed by atoms with Crippen LogP contribution in [0.25, 0.3) is 11.0 Å². The molecule has 0 aliphatic heterocycles. The van der Waals surface area contributed by atoms with Gasteiger partial charge in [0.15, 0.2) is 5.78 Å². The molecule has 6 nitrogen and oxygen atoms in total. The summed E-state index contributed by atoms with van der Waals surface area (Å²) in [5.41, 5.74) is 2.11. The van der Waals surface area contributed by atoms with Gasteiger partial charge in [0.05, 0.1) is 10.9 Å². The van der Waals surface area contributed by atoms with Gasteiger partial charge in [-0.2, -0.15) is 0 Å². The van der Waals surface area contributed by atoms with E-state index in [1.54, 1.807) is 12.3 Å². The number of nitrogens with one attached hydrogen (secondary N) is 2. The van der Waals surface area contributed by atoms with Crippen molar-refractivity contribution in [3.63, 3.8) is 0 Å². The second-order valence-electron chi connectivity index (χ2n) is 5.20. The van der Waals surface area contributed by atoms with Gasteiger partial charge in [-0.15, -0.1) is 0 Å². The lowest BCUT2D eigenvalue weighted by atomic mass is 10.1. The highest BCUT2D eigenvalue weighted by molar-refractivity contribution is 6.13. The molecular formula is C18H18N4O2. The van der Waals surface area contributed by atoms with Crippen molar-refractivity contribution in [2.75, 3.05) is 13.6 Å². The lowest BCUT2D eigenvalue weighted by Crippen LogP contribution is -2.05. The summed E-state index contributed by atoms with van der Waals surface area (Å²) in [5.74, 6) is 0.284. The van der Waals surface area contributed by atoms with E-state index >= 15 is 0 Å². The van der Waals surface area contributed by atoms with Crippen LogP contribution in [0.5, 0.6) is 5.88 Å². The number of likely N-dealkylation sites (N-methyl/N-ethyl adjacent to an activating group) is 1. The number of rotatable bonds is 7. The summed E-state index contributed by atoms with van der Waals surface area (Å²) in [6.07, 6.45) is 6.37. The Morgan fingerprint density at radius 2 is 2.12 bits per heavy atom. The molecule has 2 heterocycles. The Labute approximate surface area is 139 Å². The zero-order valence-electron chi connectivity index (χ0n) is 13.3. The SMILES string of the molecule is CNC/C=C/C(=O)c1c[nH]c2ncnc(OCc3ccccc3)c12. The second-order valence-corrected chi connectivity index (χ2v) is 5.20. The summed E-state index contributed by atoms with van der Waals surface area (Å²) in [6, 6.07) is 9.80. The van der Waals surface area contributed by atoms with Crippen LogP contribution in [-0.4, -0.2) is 34.3 Å². The maximum Gasteiger partial charge on any atom is 0.227 e. The molecule has 0 fully saturated rings. The third-order valence-corrected chi connectivity index (χ3v) is 3.51. The summed E-state index contributed by atoms with van der Waals surface area (Å²) in [4.78, 5) is 23.7. The summed E-state index contributed by atoms with van der Waals surface area (Å²) >= 11 is 0. The first-order valence-electron chi connectivity index (χ1n) is 7.64. The van der Waals surface area contributed by atoms with E-state index in [1.165, 1.54) is 12.4 Å². The van der Waals surface area contributed by atoms with Crippen molar-refractivity contribution in [2.24, 2.45) is 0 Å². The van der Waals surface area contributed by atoms with E-state index in [0.717, 1.165) is 5.56 Å². The fraction of sp³-hybridized carbons (Fsp3) is 0.167. The zero-order chi connectivity index (χ0) is 16.8. The van der Waals surface area contributed by atoms with E-state index in [-0.39, 0.29) is 5.78 Å². The molecule has 0 saturated carbocycles. The number of hydrogen-bond donors (Lipinski definition) is 2. The van der Waals surface area contributed by atoms with Crippen LogP contribution in [0, 0.1) is 0 Å². The summed E-state index contributed by atoms with van der Waals surface area (Å²) in [7, 11) is 1.82. The fourth-order valence-electron chi connectivity index (χ4n) is 2.34. The van der Waals surface area contributed by atoms with Gasteiger partial charge in [0.1, 0.15) is 18.6 Å². The summed E-state index contributed by atoms with van der Waals surface area (Å²) in [6.45, 7) is 1.00. The molecule has 122 valence electrons. The van der Waals surface area contributed by atoms with Gasteiger partial charge in [-0.1, -0.05) is 36.4 Å². The standard InChI is InChI=1S/C18H18N4O2/c1-19-9-5-8-15(23)14-10-20-17-16(14)18(22-12-21-17)24-11-13-6-3-2-4-7-13/h2-8,10,12,19H,9,11H2,1H3,(H,20,21,22)/b8-5+. The Morgan fingerprint density at radius 3 is 2.92 bits per heavy atom. The van der Waals surface area contributed by atoms with E-state index in [4.69, 9.17) is 4.74 Å². The Balaban J connectivity index is 1.88. The molecule has 3 rings (SSSR count). The van der Waals surface area contributed by atoms with E-state index in [1.807, 2.05) is 37.4 Å². The molecule has 0 atom stereocenters. The Morgan fingerprint density at radius 1 is 1.29 bits per heavy atom. The van der Waals surface area contributed by atoms with Crippen LogP contribution >= 0.6 is 0 Å². The molecule has 0 spiro atoms. The first kappa shape index (κ1) is 15.9. The fourth-order valence-corrected chi connectivity index (χ4v) is 2.34. The second kappa shape index (κ2) is 7.52. The Kier molecular flexibility index (Phi) is 4.98. The normalized spacial score (nSPS) is 11.2. The minimum atomic E-state index is -0.115. The third-order valence-electron chi connectivity index (χ3n) is 3.51. The van der Waals surface area contributed by atoms with Crippen LogP contribution in [-0.2, 0) is 6.61 Å². The molecule has 0 bridgehead atoms. The molecule has 24 heavy (non-hydrogen) atoms. The number of ketones is 1. The molecular weight excluding hydrogens is 304 g/mol. The van der Waals surface area contributed by atoms with Crippen molar-refractivity contribution in [1.82, 2.24) is 20.3 Å². The first-order chi connectivity index (χ1) is 11.8. The molecule has 0 saturated heterocycles. The largest absolute Gasteiger partial charge is 0.472 e. The predicted octanol–water partition coefficient (Wildman–Crippen LogP) is 2.50. The van der Waals surface area contributed by atoms with Crippen molar-refractivity contribution >= 4 is 16.8 Å². The van der Waals surface area contributed by atoms with Crippen LogP contribution in [0.4, 0.5) is 0 Å². The Bertz CT molecular complexity index is 856. The minimum absolute atomic E-state index is 0.115. The lowest BCUT2D eigenvalue weighted by molar-refractivity contribution is 0.104. The van der Waals surface area contributed by atoms with Crippen molar-refractivity contribution in [1.29, 1.82) is 0 Å². The van der Waals surface area contributed by atoms with Crippen LogP contribution in [0.2, 0.25) is 0 Å². The first-order valence-corrected chi connectivity index (χ1v) is 7.64. The molecule has 0 aliphatic rings. The molecule has 0 unspecified atom stereocenters. The number of hydrogen-bond acceptors (Lipinski definition) is 5. The highest BCUT2D eigenvalue weighted by Crippen LogP contribution is 2.26. The molecule has 0 aliphatic carbocycles. The molecule has 2 N–H and O–H groups in total. The number of aromatic nitrogens is 3. The van der Waals surface area contributed by atoms with Gasteiger partial charge in [-0.25, -0.2) is 9.97 Å². The maximum absolute atomic E-state index is 12.4. The van der Waals surface area contributed by atoms with Crippen molar-refractivity contribution in [3.05, 3.63) is 66.1 Å². The topological polar surface area (TPSA) is 79.9 Å². The summed E-state index contributed by atoms with van der Waals surface area (Å²) in [5, 5.41) is 3.56. The van der Waals surface area contributed by atoms with E-state index in [9.17, 15) is 4.79 Å². The number of benzene rings is 1. The summed E-state index contributed by atoms with van der Waals surface area (Å²) < 4.78 is 5.82. The predicted molar refractivity (Wildman–Crippen MR) is 92.1 cm³/mol. The zero-order valence-corrected chi connectivity index (χ0v) is 13.3. The number of carbonyl (C=O) groups excluding carboxylic acids is 1. The van der Waals surface area contributed by atoms with Gasteiger partial charge >= 0.3 is 0 Å². The molecule has 2 aromatic heterocycles. The van der Waals surface area contributed by atoms with Crippen LogP contribution < -0.4 is 10.1 Å². The van der Waals surface area contributed by atoms with E-state index in [2.05, 4.69) is 20.3 Å². The van der Waals surface area contributed by atoms with Gasteiger partial charge < -0.3 is 15.0 Å². The molecule has 1 aromatic carbocycles. The van der Waals surface area contributed by atoms with Gasteiger partial charge in [-0.05, 0) is 18.7 Å². The smallest absolute Gasteiger partial charge is 0.227 e. The average molecular weight is 322 g/mol. The molecule has 0 radical (unpaired) electrons. The number of nitrogens with zero attached hydrogens (tertiary/aromatic N) is 2. The number of carbonyl (C=O) groups is 1. The monoisotopic (exact) mass is 322 g/mol. The van der Waals surface area contributed by atoms with Crippen molar-refractivity contribution in [2.45, 2.75) is 6.61 Å². The van der Waals surface area contributed by atoms with Crippen LogP contribution in [0.1, 0.15) is 15.9 Å². The number of ether oxygens (including phenoxy) is 1. The Hall–Kier alpha value is -2.99. The number of H-pyrrole nitrogens is 1. The number of allylic oxidation sites excluding steroid dienone is 1. The quantitative estimate of drug-likeness (QED) is 0.516. The van der Waals surface area contributed by atoms with Crippen molar-refractivity contribution in [3.8, 4) is 5.88 Å². The number of fused-ring (bicyclic) bond motifs is 1. The van der Waals surface area contributed by atoms with Gasteiger partial charge in [0, 0.05) is 12.7 Å². The highest BCUT2D eigenvalue weighted by Gasteiger charge is 2.16. The van der Waals surface area contributed by atoms with Gasteiger partial charge in [0.25, 0.3) is 0 Å². The molecule has 6 heteroatoms. The van der Waals surface area contributed by atoms with Crippen LogP contribution in [0.15, 0.2) is 55.0 Å². The van der Waals surface area contributed by atoms with Crippen LogP contribution in [0.3, 0.4) is 0 Å². The lowest BCUT2D eigenvalue weighted by Gasteiger charge is -2.07.